The lowest BCUT2D eigenvalue weighted by molar-refractivity contribution is -0.386. The van der Waals surface area contributed by atoms with Crippen molar-refractivity contribution in [2.45, 2.75) is 58.0 Å². The molecular weight excluding hydrogens is 386 g/mol. The minimum atomic E-state index is -2.53. The second-order valence-corrected chi connectivity index (χ2v) is 12.8. The van der Waals surface area contributed by atoms with E-state index < -0.39 is 31.4 Å². The maximum Gasteiger partial charge on any atom is 0.338 e. The first-order valence-corrected chi connectivity index (χ1v) is 11.9. The predicted octanol–water partition coefficient (Wildman–Crippen LogP) is 3.31. The first-order chi connectivity index (χ1) is 12.9. The van der Waals surface area contributed by atoms with E-state index in [0.29, 0.717) is 5.75 Å². The van der Waals surface area contributed by atoms with Gasteiger partial charge in [-0.2, -0.15) is 0 Å². The molecule has 10 heteroatoms. The van der Waals surface area contributed by atoms with E-state index in [-0.39, 0.29) is 35.4 Å². The number of nitro benzene ring substituents is 1. The molecular formula is C18H27NO8Si. The zero-order valence-electron chi connectivity index (χ0n) is 17.0. The Morgan fingerprint density at radius 2 is 1.89 bits per heavy atom. The summed E-state index contributed by atoms with van der Waals surface area (Å²) in [6.07, 6.45) is -3.01. The van der Waals surface area contributed by atoms with Crippen molar-refractivity contribution >= 4 is 20.0 Å². The number of aliphatic hydroxyl groups is 1. The third-order valence-electron chi connectivity index (χ3n) is 5.07. The van der Waals surface area contributed by atoms with Crippen molar-refractivity contribution in [1.82, 2.24) is 0 Å². The van der Waals surface area contributed by atoms with E-state index in [1.54, 1.807) is 6.92 Å². The third kappa shape index (κ3) is 4.45. The number of nitro groups is 1. The normalized spacial score (nSPS) is 15.8. The van der Waals surface area contributed by atoms with E-state index in [1.165, 1.54) is 12.1 Å². The number of esters is 1. The summed E-state index contributed by atoms with van der Waals surface area (Å²) < 4.78 is 21.7. The topological polar surface area (TPSA) is 117 Å². The fraction of sp³-hybridized carbons (Fsp3) is 0.611. The predicted molar refractivity (Wildman–Crippen MR) is 103 cm³/mol. The average molecular weight is 413 g/mol. The number of fused-ring (bicyclic) bond motifs is 1. The molecule has 0 aromatic heterocycles. The molecule has 0 aliphatic carbocycles. The third-order valence-corrected chi connectivity index (χ3v) is 9.52. The molecule has 0 fully saturated rings. The van der Waals surface area contributed by atoms with E-state index in [0.717, 1.165) is 0 Å². The lowest BCUT2D eigenvalue weighted by Gasteiger charge is -2.40. The van der Waals surface area contributed by atoms with E-state index in [9.17, 15) is 20.0 Å². The summed E-state index contributed by atoms with van der Waals surface area (Å²) in [5, 5.41) is 22.1. The first kappa shape index (κ1) is 22.1. The standard InChI is InChI=1S/C18H27NO8Si/c1-7-24-17(21)15(20)16(27-28(5,6)18(2,3)4)11-8-13-14(26-10-25-13)9-12(11)19(22)23/h8-9,15-16,20H,7,10H2,1-6H3/t15-,16+/m1/s1. The number of carbonyl (C=O) groups is 1. The van der Waals surface area contributed by atoms with Gasteiger partial charge >= 0.3 is 5.97 Å². The zero-order chi connectivity index (χ0) is 21.3. The van der Waals surface area contributed by atoms with E-state index >= 15 is 0 Å². The lowest BCUT2D eigenvalue weighted by atomic mass is 10.0. The van der Waals surface area contributed by atoms with E-state index in [4.69, 9.17) is 18.6 Å². The number of carbonyl (C=O) groups excluding carboxylic acids is 1. The van der Waals surface area contributed by atoms with Gasteiger partial charge in [0.15, 0.2) is 25.9 Å². The highest BCUT2D eigenvalue weighted by molar-refractivity contribution is 6.74. The zero-order valence-corrected chi connectivity index (χ0v) is 18.0. The van der Waals surface area contributed by atoms with Gasteiger partial charge in [-0.3, -0.25) is 10.1 Å². The Morgan fingerprint density at radius 3 is 2.39 bits per heavy atom. The highest BCUT2D eigenvalue weighted by Gasteiger charge is 2.45. The maximum absolute atomic E-state index is 12.2. The number of hydrogen-bond donors (Lipinski definition) is 1. The molecule has 0 bridgehead atoms. The van der Waals surface area contributed by atoms with Crippen LogP contribution in [0, 0.1) is 10.1 Å². The molecule has 1 N–H and O–H groups in total. The van der Waals surface area contributed by atoms with Gasteiger partial charge in [-0.05, 0) is 31.1 Å². The summed E-state index contributed by atoms with van der Waals surface area (Å²) in [7, 11) is -2.53. The summed E-state index contributed by atoms with van der Waals surface area (Å²) in [4.78, 5) is 23.3. The molecule has 0 spiro atoms. The second kappa shape index (κ2) is 8.06. The van der Waals surface area contributed by atoms with Gasteiger partial charge in [-0.15, -0.1) is 0 Å². The summed E-state index contributed by atoms with van der Waals surface area (Å²) in [5.41, 5.74) is -0.282. The molecule has 1 aromatic rings. The van der Waals surface area contributed by atoms with Crippen LogP contribution in [-0.2, 0) is 14.0 Å². The number of aliphatic hydroxyl groups excluding tert-OH is 1. The van der Waals surface area contributed by atoms with Crippen molar-refractivity contribution in [2.75, 3.05) is 13.4 Å². The Bertz CT molecular complexity index is 759. The molecule has 1 aliphatic rings. The summed E-state index contributed by atoms with van der Waals surface area (Å²) in [6.45, 7) is 11.4. The Labute approximate surface area is 164 Å². The van der Waals surface area contributed by atoms with Crippen LogP contribution < -0.4 is 9.47 Å². The number of rotatable bonds is 7. The van der Waals surface area contributed by atoms with Gasteiger partial charge < -0.3 is 23.7 Å². The monoisotopic (exact) mass is 413 g/mol. The Morgan fingerprint density at radius 1 is 1.32 bits per heavy atom. The van der Waals surface area contributed by atoms with Gasteiger partial charge in [0.05, 0.1) is 23.2 Å². The summed E-state index contributed by atoms with van der Waals surface area (Å²) in [5.74, 6) is -0.384. The molecule has 2 rings (SSSR count). The smallest absolute Gasteiger partial charge is 0.338 e. The van der Waals surface area contributed by atoms with Crippen LogP contribution in [0.25, 0.3) is 0 Å². The quantitative estimate of drug-likeness (QED) is 0.313. The van der Waals surface area contributed by atoms with Gasteiger partial charge in [-0.25, -0.2) is 4.79 Å². The van der Waals surface area contributed by atoms with E-state index in [2.05, 4.69) is 0 Å². The SMILES string of the molecule is CCOC(=O)[C@H](O)[C@@H](O[Si](C)(C)C(C)(C)C)c1cc2c(cc1[N+](=O)[O-])OCO2. The Hall–Kier alpha value is -2.17. The van der Waals surface area contributed by atoms with Crippen LogP contribution >= 0.6 is 0 Å². The lowest BCUT2D eigenvalue weighted by Crippen LogP contribution is -2.45. The molecule has 156 valence electrons. The van der Waals surface area contributed by atoms with Crippen LogP contribution in [0.4, 0.5) is 5.69 Å². The highest BCUT2D eigenvalue weighted by Crippen LogP contribution is 2.45. The highest BCUT2D eigenvalue weighted by atomic mass is 28.4. The van der Waals surface area contributed by atoms with Crippen LogP contribution in [0.3, 0.4) is 0 Å². The van der Waals surface area contributed by atoms with Crippen molar-refractivity contribution < 1.29 is 33.5 Å². The van der Waals surface area contributed by atoms with Crippen molar-refractivity contribution in [3.8, 4) is 11.5 Å². The van der Waals surface area contributed by atoms with Crippen LogP contribution in [0.5, 0.6) is 11.5 Å². The van der Waals surface area contributed by atoms with Gasteiger partial charge in [0.2, 0.25) is 6.79 Å². The van der Waals surface area contributed by atoms with Gasteiger partial charge in [-0.1, -0.05) is 20.8 Å². The molecule has 9 nitrogen and oxygen atoms in total. The van der Waals surface area contributed by atoms with Crippen molar-refractivity contribution in [3.63, 3.8) is 0 Å². The molecule has 0 amide bonds. The van der Waals surface area contributed by atoms with Crippen LogP contribution in [0.15, 0.2) is 12.1 Å². The fourth-order valence-corrected chi connectivity index (χ4v) is 3.72. The molecule has 28 heavy (non-hydrogen) atoms. The van der Waals surface area contributed by atoms with Crippen LogP contribution in [0.2, 0.25) is 18.1 Å². The minimum Gasteiger partial charge on any atom is -0.464 e. The molecule has 0 radical (unpaired) electrons. The van der Waals surface area contributed by atoms with Gasteiger partial charge in [0, 0.05) is 0 Å². The number of ether oxygens (including phenoxy) is 3. The van der Waals surface area contributed by atoms with Gasteiger partial charge in [0.1, 0.15) is 6.10 Å². The molecule has 1 aromatic carbocycles. The second-order valence-electron chi connectivity index (χ2n) is 8.02. The molecule has 0 saturated heterocycles. The first-order valence-electron chi connectivity index (χ1n) is 8.99. The number of hydrogen-bond acceptors (Lipinski definition) is 8. The molecule has 1 heterocycles. The molecule has 0 unspecified atom stereocenters. The molecule has 2 atom stereocenters. The number of nitrogens with zero attached hydrogens (tertiary/aromatic N) is 1. The Balaban J connectivity index is 2.58. The maximum atomic E-state index is 12.2. The van der Waals surface area contributed by atoms with Crippen LogP contribution in [0.1, 0.15) is 39.4 Å². The Kier molecular flexibility index (Phi) is 6.36. The van der Waals surface area contributed by atoms with Crippen molar-refractivity contribution in [3.05, 3.63) is 27.8 Å². The minimum absolute atomic E-state index is 0.0413. The number of benzene rings is 1. The van der Waals surface area contributed by atoms with Crippen molar-refractivity contribution in [1.29, 1.82) is 0 Å². The van der Waals surface area contributed by atoms with Crippen LogP contribution in [-0.4, -0.2) is 43.8 Å². The largest absolute Gasteiger partial charge is 0.464 e. The fourth-order valence-electron chi connectivity index (χ4n) is 2.48. The van der Waals surface area contributed by atoms with Crippen molar-refractivity contribution in [2.24, 2.45) is 0 Å². The van der Waals surface area contributed by atoms with E-state index in [1.807, 2.05) is 33.9 Å². The average Bonchev–Trinajstić information content (AvgIpc) is 3.04. The summed E-state index contributed by atoms with van der Waals surface area (Å²) >= 11 is 0. The summed E-state index contributed by atoms with van der Waals surface area (Å²) in [6, 6.07) is 2.61. The molecule has 0 saturated carbocycles. The molecule has 1 aliphatic heterocycles. The van der Waals surface area contributed by atoms with Gasteiger partial charge in [0.25, 0.3) is 5.69 Å².